The van der Waals surface area contributed by atoms with E-state index < -0.39 is 26.0 Å². The number of methoxy groups -OCH3 is 2. The van der Waals surface area contributed by atoms with E-state index in [9.17, 15) is 14.2 Å². The molecule has 0 aliphatic rings. The van der Waals surface area contributed by atoms with Crippen molar-refractivity contribution in [1.82, 2.24) is 0 Å². The Labute approximate surface area is 158 Å². The fourth-order valence-corrected chi connectivity index (χ4v) is 3.04. The van der Waals surface area contributed by atoms with Crippen LogP contribution in [-0.4, -0.2) is 38.5 Å². The van der Waals surface area contributed by atoms with Crippen molar-refractivity contribution in [2.24, 2.45) is 0 Å². The molecule has 0 aliphatic carbocycles. The van der Waals surface area contributed by atoms with E-state index in [0.29, 0.717) is 11.3 Å². The van der Waals surface area contributed by atoms with Crippen LogP contribution in [0.15, 0.2) is 54.6 Å². The third kappa shape index (κ3) is 6.57. The highest BCUT2D eigenvalue weighted by Crippen LogP contribution is 2.26. The molecule has 2 aromatic carbocycles. The highest BCUT2D eigenvalue weighted by molar-refractivity contribution is 7.38. The summed E-state index contributed by atoms with van der Waals surface area (Å²) in [7, 11) is 0.571. The van der Waals surface area contributed by atoms with Crippen LogP contribution in [0.5, 0.6) is 0 Å². The van der Waals surface area contributed by atoms with E-state index in [1.165, 1.54) is 14.2 Å². The number of hydrogen-bond donors (Lipinski definition) is 1. The first kappa shape index (κ1) is 20.7. The highest BCUT2D eigenvalue weighted by atomic mass is 31.1. The van der Waals surface area contributed by atoms with Crippen molar-refractivity contribution < 1.29 is 28.2 Å². The normalized spacial score (nSPS) is 12.1. The van der Waals surface area contributed by atoms with E-state index in [2.05, 4.69) is 10.1 Å². The van der Waals surface area contributed by atoms with E-state index >= 15 is 0 Å². The van der Waals surface area contributed by atoms with Gasteiger partial charge in [-0.2, -0.15) is 0 Å². The molecule has 2 rings (SSSR count). The number of nitrogens with one attached hydrogen (secondary N) is 1. The van der Waals surface area contributed by atoms with Gasteiger partial charge in [0.1, 0.15) is 0 Å². The van der Waals surface area contributed by atoms with Gasteiger partial charge in [-0.25, -0.2) is 4.79 Å². The number of anilines is 1. The second kappa shape index (κ2) is 10.5. The summed E-state index contributed by atoms with van der Waals surface area (Å²) in [4.78, 5) is 24.1. The first-order valence-electron chi connectivity index (χ1n) is 8.17. The Balaban J connectivity index is 2.09. The second-order valence-electron chi connectivity index (χ2n) is 5.59. The van der Waals surface area contributed by atoms with E-state index in [4.69, 9.17) is 9.26 Å². The van der Waals surface area contributed by atoms with Crippen molar-refractivity contribution >= 4 is 25.6 Å². The van der Waals surface area contributed by atoms with Crippen molar-refractivity contribution in [3.8, 4) is 0 Å². The van der Waals surface area contributed by atoms with Crippen molar-refractivity contribution in [3.63, 3.8) is 0 Å². The summed E-state index contributed by atoms with van der Waals surface area (Å²) < 4.78 is 26.8. The van der Waals surface area contributed by atoms with Crippen molar-refractivity contribution in [2.75, 3.05) is 25.9 Å². The Morgan fingerprint density at radius 2 is 1.70 bits per heavy atom. The van der Waals surface area contributed by atoms with Gasteiger partial charge in [-0.05, 0) is 34.4 Å². The number of ether oxygens (including phenoxy) is 2. The van der Waals surface area contributed by atoms with Crippen LogP contribution in [0.3, 0.4) is 0 Å². The molecule has 142 valence electrons. The standard InChI is InChI=1S/C19H20NO6P/c1-24-13-27(23)26-17(12-14-6-4-3-5-7-14)18(21)20-16-10-8-15(9-11-16)19(22)25-2/h3-11,17H,12-13H2,1-2H3/p+1/t17-/m0/s1. The van der Waals surface area contributed by atoms with Gasteiger partial charge in [-0.1, -0.05) is 30.3 Å². The summed E-state index contributed by atoms with van der Waals surface area (Å²) in [6.45, 7) is 0. The largest absolute Gasteiger partial charge is 0.537 e. The summed E-state index contributed by atoms with van der Waals surface area (Å²) in [5.74, 6) is -0.904. The SMILES string of the molecule is COC[P+](=O)O[C@@H](Cc1ccccc1)C(=O)Nc1ccc(C(=O)OC)cc1. The molecule has 0 fully saturated rings. The number of rotatable bonds is 9. The molecule has 0 heterocycles. The Hall–Kier alpha value is -2.60. The summed E-state index contributed by atoms with van der Waals surface area (Å²) in [5.41, 5.74) is 1.73. The summed E-state index contributed by atoms with van der Waals surface area (Å²) in [6.07, 6.45) is -0.786. The molecule has 0 spiro atoms. The van der Waals surface area contributed by atoms with Crippen LogP contribution in [0, 0.1) is 0 Å². The van der Waals surface area contributed by atoms with Gasteiger partial charge in [-0.3, -0.25) is 4.79 Å². The van der Waals surface area contributed by atoms with Crippen molar-refractivity contribution in [1.29, 1.82) is 0 Å². The first-order valence-corrected chi connectivity index (χ1v) is 9.53. The minimum absolute atomic E-state index is 0.0955. The second-order valence-corrected chi connectivity index (χ2v) is 6.73. The topological polar surface area (TPSA) is 90.9 Å². The van der Waals surface area contributed by atoms with Gasteiger partial charge in [-0.15, -0.1) is 4.52 Å². The minimum atomic E-state index is -2.13. The van der Waals surface area contributed by atoms with Crippen molar-refractivity contribution in [2.45, 2.75) is 12.5 Å². The van der Waals surface area contributed by atoms with Crippen LogP contribution in [0.25, 0.3) is 0 Å². The van der Waals surface area contributed by atoms with Crippen LogP contribution in [0.4, 0.5) is 5.69 Å². The van der Waals surface area contributed by atoms with Gasteiger partial charge >= 0.3 is 14.0 Å². The highest BCUT2D eigenvalue weighted by Gasteiger charge is 2.31. The monoisotopic (exact) mass is 390 g/mol. The number of hydrogen-bond acceptors (Lipinski definition) is 6. The van der Waals surface area contributed by atoms with Gasteiger partial charge in [0.15, 0.2) is 6.10 Å². The molecular weight excluding hydrogens is 369 g/mol. The van der Waals surface area contributed by atoms with Gasteiger partial charge in [0.2, 0.25) is 0 Å². The average molecular weight is 390 g/mol. The van der Waals surface area contributed by atoms with Gasteiger partial charge in [0.05, 0.1) is 12.7 Å². The molecule has 1 N–H and O–H groups in total. The number of carbonyl (C=O) groups excluding carboxylic acids is 2. The summed E-state index contributed by atoms with van der Waals surface area (Å²) >= 11 is 0. The molecule has 1 unspecified atom stereocenters. The maximum absolute atomic E-state index is 12.6. The lowest BCUT2D eigenvalue weighted by Crippen LogP contribution is -2.31. The van der Waals surface area contributed by atoms with Crippen LogP contribution in [-0.2, 0) is 29.8 Å². The third-order valence-corrected chi connectivity index (χ3v) is 4.57. The number of amides is 1. The lowest BCUT2D eigenvalue weighted by atomic mass is 10.1. The van der Waals surface area contributed by atoms with E-state index in [-0.39, 0.29) is 12.8 Å². The van der Waals surface area contributed by atoms with Gasteiger partial charge < -0.3 is 14.8 Å². The summed E-state index contributed by atoms with van der Waals surface area (Å²) in [6, 6.07) is 15.5. The number of carbonyl (C=O) groups is 2. The van der Waals surface area contributed by atoms with Crippen molar-refractivity contribution in [3.05, 3.63) is 65.7 Å². The summed E-state index contributed by atoms with van der Waals surface area (Å²) in [5, 5.41) is 2.71. The van der Waals surface area contributed by atoms with Crippen LogP contribution in [0.2, 0.25) is 0 Å². The predicted molar refractivity (Wildman–Crippen MR) is 101 cm³/mol. The average Bonchev–Trinajstić information content (AvgIpc) is 2.68. The Morgan fingerprint density at radius 1 is 1.04 bits per heavy atom. The Morgan fingerprint density at radius 3 is 2.30 bits per heavy atom. The molecule has 8 heteroatoms. The van der Waals surface area contributed by atoms with E-state index in [1.807, 2.05) is 30.3 Å². The van der Waals surface area contributed by atoms with Crippen LogP contribution >= 0.6 is 8.03 Å². The Kier molecular flexibility index (Phi) is 8.07. The molecule has 2 aromatic rings. The molecule has 0 aromatic heterocycles. The quantitative estimate of drug-likeness (QED) is 0.521. The zero-order valence-corrected chi connectivity index (χ0v) is 16.0. The molecule has 0 saturated carbocycles. The number of esters is 1. The molecule has 7 nitrogen and oxygen atoms in total. The first-order chi connectivity index (χ1) is 13.0. The lowest BCUT2D eigenvalue weighted by molar-refractivity contribution is -0.122. The van der Waals surface area contributed by atoms with Crippen LogP contribution in [0.1, 0.15) is 15.9 Å². The van der Waals surface area contributed by atoms with Gasteiger partial charge in [0, 0.05) is 19.2 Å². The molecular formula is C19H21NO6P+. The number of benzene rings is 2. The zero-order chi connectivity index (χ0) is 19.6. The molecule has 27 heavy (non-hydrogen) atoms. The fourth-order valence-electron chi connectivity index (χ4n) is 2.31. The zero-order valence-electron chi connectivity index (χ0n) is 15.1. The predicted octanol–water partition coefficient (Wildman–Crippen LogP) is 3.39. The molecule has 0 saturated heterocycles. The molecule has 0 radical (unpaired) electrons. The van der Waals surface area contributed by atoms with Crippen LogP contribution < -0.4 is 5.32 Å². The van der Waals surface area contributed by atoms with Gasteiger partial charge in [0.25, 0.3) is 12.3 Å². The molecule has 2 atom stereocenters. The smallest absolute Gasteiger partial charge is 0.465 e. The molecule has 0 aliphatic heterocycles. The van der Waals surface area contributed by atoms with E-state index in [1.54, 1.807) is 24.3 Å². The molecule has 1 amide bonds. The maximum Gasteiger partial charge on any atom is 0.537 e. The third-order valence-electron chi connectivity index (χ3n) is 3.61. The fraction of sp³-hybridized carbons (Fsp3) is 0.263. The maximum atomic E-state index is 12.6. The molecule has 0 bridgehead atoms. The Bertz CT molecular complexity index is 779. The minimum Gasteiger partial charge on any atom is -0.465 e. The lowest BCUT2D eigenvalue weighted by Gasteiger charge is -2.12. The van der Waals surface area contributed by atoms with E-state index in [0.717, 1.165) is 5.56 Å².